The van der Waals surface area contributed by atoms with Crippen molar-refractivity contribution in [3.8, 4) is 56.0 Å². The third kappa shape index (κ3) is 8.38. The normalized spacial score (nSPS) is 11.2. The molecule has 0 spiro atoms. The summed E-state index contributed by atoms with van der Waals surface area (Å²) in [6, 6.07) is 26.2. The van der Waals surface area contributed by atoms with Crippen LogP contribution in [-0.4, -0.2) is 66.2 Å². The number of aromatic hydroxyl groups is 2. The summed E-state index contributed by atoms with van der Waals surface area (Å²) in [5, 5.41) is 49.2. The second-order valence-corrected chi connectivity index (χ2v) is 15.8. The summed E-state index contributed by atoms with van der Waals surface area (Å²) in [6.45, 7) is 11.0. The average Bonchev–Trinajstić information content (AvgIpc) is 3.97. The Morgan fingerprint density at radius 2 is 1.00 bits per heavy atom. The van der Waals surface area contributed by atoms with E-state index >= 15 is 0 Å². The maximum Gasteiger partial charge on any atom is 0.330 e. The van der Waals surface area contributed by atoms with Gasteiger partial charge >= 0.3 is 11.9 Å². The summed E-state index contributed by atoms with van der Waals surface area (Å²) in [6.07, 6.45) is 2.57. The molecule has 8 rings (SSSR count). The third-order valence-corrected chi connectivity index (χ3v) is 11.6. The number of nitrogens with one attached hydrogen (secondary N) is 2. The molecule has 0 bridgehead atoms. The number of halogens is 2. The summed E-state index contributed by atoms with van der Waals surface area (Å²) < 4.78 is 11.1. The van der Waals surface area contributed by atoms with Crippen molar-refractivity contribution in [2.24, 2.45) is 0 Å². The van der Waals surface area contributed by atoms with Crippen LogP contribution in [-0.2, 0) is 38.3 Å². The Hall–Kier alpha value is -7.28. The molecule has 0 radical (unpaired) electrons. The van der Waals surface area contributed by atoms with Gasteiger partial charge in [-0.05, 0) is 83.6 Å². The van der Waals surface area contributed by atoms with E-state index in [1.165, 1.54) is 0 Å². The van der Waals surface area contributed by atoms with E-state index < -0.39 is 11.9 Å². The minimum Gasteiger partial charge on any atom is -0.507 e. The number of hydrogen-bond acceptors (Lipinski definition) is 10. The Morgan fingerprint density at radius 1 is 0.603 bits per heavy atom. The van der Waals surface area contributed by atoms with Gasteiger partial charge in [0, 0.05) is 64.8 Å². The van der Waals surface area contributed by atoms with E-state index in [2.05, 4.69) is 44.0 Å². The third-order valence-electron chi connectivity index (χ3n) is 11.0. The largest absolute Gasteiger partial charge is 0.507 e. The van der Waals surface area contributed by atoms with Crippen molar-refractivity contribution in [1.29, 1.82) is 0 Å². The lowest BCUT2D eigenvalue weighted by atomic mass is 9.81. The molecule has 0 amide bonds. The minimum atomic E-state index is -0.585. The molecule has 63 heavy (non-hydrogen) atoms. The van der Waals surface area contributed by atoms with Crippen LogP contribution < -0.4 is 0 Å². The molecular formula is C49H40Cl2N6O6. The summed E-state index contributed by atoms with van der Waals surface area (Å²) >= 11 is 14.0. The SMILES string of the molecule is C=CC(=O)OCCc1cc(-c2c(Cl)ccc3n[nH]nc23)c(O)c(Cc2c(O)c(-c3c(Cl)ccc4n[nH]nc34)cc(CCOC(=O)C=C)c2-c2ccc(C)cc2)c1-c1ccc(C)cc1. The maximum atomic E-state index is 12.9. The van der Waals surface area contributed by atoms with Crippen LogP contribution in [0.15, 0.2) is 110 Å². The van der Waals surface area contributed by atoms with Crippen molar-refractivity contribution in [3.63, 3.8) is 0 Å². The predicted octanol–water partition coefficient (Wildman–Crippen LogP) is 10.4. The number of benzene rings is 6. The number of phenols is 2. The number of carbonyl (C=O) groups is 2. The van der Waals surface area contributed by atoms with E-state index in [-0.39, 0.29) is 44.0 Å². The Balaban J connectivity index is 1.48. The smallest absolute Gasteiger partial charge is 0.330 e. The molecule has 0 saturated heterocycles. The molecule has 2 aromatic heterocycles. The minimum absolute atomic E-state index is 0.0155. The molecule has 316 valence electrons. The van der Waals surface area contributed by atoms with Crippen LogP contribution in [0.25, 0.3) is 66.6 Å². The first-order chi connectivity index (χ1) is 30.5. The van der Waals surface area contributed by atoms with E-state index in [0.29, 0.717) is 87.7 Å². The monoisotopic (exact) mass is 878 g/mol. The number of aryl methyl sites for hydroxylation is 2. The van der Waals surface area contributed by atoms with E-state index in [4.69, 9.17) is 32.7 Å². The van der Waals surface area contributed by atoms with Gasteiger partial charge in [0.25, 0.3) is 0 Å². The number of H-pyrrole nitrogens is 2. The van der Waals surface area contributed by atoms with Gasteiger partial charge in [-0.1, -0.05) is 96.0 Å². The van der Waals surface area contributed by atoms with Crippen molar-refractivity contribution >= 4 is 57.2 Å². The number of hydrogen-bond donors (Lipinski definition) is 4. The molecule has 0 fully saturated rings. The Kier molecular flexibility index (Phi) is 12.1. The number of carbonyl (C=O) groups excluding carboxylic acids is 2. The van der Waals surface area contributed by atoms with Gasteiger partial charge in [0.2, 0.25) is 0 Å². The van der Waals surface area contributed by atoms with Gasteiger partial charge in [-0.2, -0.15) is 30.8 Å². The van der Waals surface area contributed by atoms with Gasteiger partial charge in [-0.15, -0.1) is 0 Å². The Labute approximate surface area is 371 Å². The molecule has 2 heterocycles. The van der Waals surface area contributed by atoms with Crippen LogP contribution in [0.3, 0.4) is 0 Å². The number of aromatic nitrogens is 6. The maximum absolute atomic E-state index is 12.9. The summed E-state index contributed by atoms with van der Waals surface area (Å²) in [7, 11) is 0. The van der Waals surface area contributed by atoms with Crippen molar-refractivity contribution in [3.05, 3.63) is 154 Å². The summed E-state index contributed by atoms with van der Waals surface area (Å²) in [5.74, 6) is -1.43. The van der Waals surface area contributed by atoms with Crippen molar-refractivity contribution in [2.45, 2.75) is 33.1 Å². The highest BCUT2D eigenvalue weighted by Crippen LogP contribution is 2.50. The van der Waals surface area contributed by atoms with Crippen LogP contribution >= 0.6 is 23.2 Å². The molecule has 0 unspecified atom stereocenters. The molecule has 6 aromatic carbocycles. The van der Waals surface area contributed by atoms with Gasteiger partial charge < -0.3 is 19.7 Å². The van der Waals surface area contributed by atoms with E-state index in [0.717, 1.165) is 34.4 Å². The van der Waals surface area contributed by atoms with Gasteiger partial charge in [0.1, 0.15) is 33.6 Å². The fourth-order valence-electron chi connectivity index (χ4n) is 7.96. The lowest BCUT2D eigenvalue weighted by molar-refractivity contribution is -0.138. The first-order valence-corrected chi connectivity index (χ1v) is 20.7. The number of ether oxygens (including phenoxy) is 2. The predicted molar refractivity (Wildman–Crippen MR) is 245 cm³/mol. The summed E-state index contributed by atoms with van der Waals surface area (Å²) in [4.78, 5) is 24.7. The fraction of sp³-hybridized carbons (Fsp3) is 0.143. The molecule has 8 aromatic rings. The van der Waals surface area contributed by atoms with E-state index in [1.807, 2.05) is 74.5 Å². The molecule has 0 saturated carbocycles. The van der Waals surface area contributed by atoms with Gasteiger partial charge in [0.15, 0.2) is 0 Å². The average molecular weight is 880 g/mol. The number of aromatic amines is 2. The Morgan fingerprint density at radius 3 is 1.38 bits per heavy atom. The van der Waals surface area contributed by atoms with Gasteiger partial charge in [0.05, 0.1) is 23.3 Å². The molecule has 0 atom stereocenters. The zero-order chi connectivity index (χ0) is 44.4. The Bertz CT molecular complexity index is 2880. The van der Waals surface area contributed by atoms with Gasteiger partial charge in [-0.3, -0.25) is 0 Å². The quantitative estimate of drug-likeness (QED) is 0.0607. The molecule has 14 heteroatoms. The fourth-order valence-corrected chi connectivity index (χ4v) is 8.47. The lowest BCUT2D eigenvalue weighted by Gasteiger charge is -2.25. The number of esters is 2. The van der Waals surface area contributed by atoms with Crippen LogP contribution in [0, 0.1) is 13.8 Å². The molecule has 0 aliphatic carbocycles. The number of nitrogens with zero attached hydrogens (tertiary/aromatic N) is 4. The van der Waals surface area contributed by atoms with E-state index in [9.17, 15) is 19.8 Å². The van der Waals surface area contributed by atoms with Crippen molar-refractivity contribution < 1.29 is 29.3 Å². The molecule has 0 aliphatic heterocycles. The van der Waals surface area contributed by atoms with Crippen molar-refractivity contribution in [1.82, 2.24) is 30.8 Å². The molecule has 12 nitrogen and oxygen atoms in total. The van der Waals surface area contributed by atoms with Crippen LogP contribution in [0.2, 0.25) is 10.0 Å². The van der Waals surface area contributed by atoms with Gasteiger partial charge in [-0.25, -0.2) is 9.59 Å². The molecular weight excluding hydrogens is 839 g/mol. The summed E-state index contributed by atoms with van der Waals surface area (Å²) in [5.41, 5.74) is 10.5. The van der Waals surface area contributed by atoms with Crippen LogP contribution in [0.1, 0.15) is 33.4 Å². The highest BCUT2D eigenvalue weighted by atomic mass is 35.5. The second-order valence-electron chi connectivity index (χ2n) is 15.0. The zero-order valence-electron chi connectivity index (χ0n) is 34.3. The highest BCUT2D eigenvalue weighted by molar-refractivity contribution is 6.35. The number of phenolic OH excluding ortho intramolecular Hbond substituents is 2. The first-order valence-electron chi connectivity index (χ1n) is 19.9. The number of fused-ring (bicyclic) bond motifs is 2. The zero-order valence-corrected chi connectivity index (χ0v) is 35.8. The molecule has 0 aliphatic rings. The highest BCUT2D eigenvalue weighted by Gasteiger charge is 2.29. The van der Waals surface area contributed by atoms with Crippen LogP contribution in [0.5, 0.6) is 11.5 Å². The first kappa shape index (κ1) is 42.4. The topological polar surface area (TPSA) is 176 Å². The second kappa shape index (κ2) is 18.0. The van der Waals surface area contributed by atoms with E-state index in [1.54, 1.807) is 24.3 Å². The van der Waals surface area contributed by atoms with Crippen molar-refractivity contribution in [2.75, 3.05) is 13.2 Å². The molecule has 4 N–H and O–H groups in total. The standard InChI is InChI=1S/C49H40Cl2N6O6/c1-5-40(58)62-21-19-30-23-32(44-36(50)15-17-38-46(44)54-56-52-38)48(60)34(42(30)28-11-7-26(3)8-12-28)25-35-43(29-13-9-27(4)10-14-29)31(20-22-63-41(59)6-2)24-33(49(35)61)45-37(51)16-18-39-47(45)55-57-53-39/h5-18,23-24,60-61H,1-2,19-22,25H2,3-4H3,(H,52,54,56)(H,53,55,57). The number of rotatable bonds is 14. The lowest BCUT2D eigenvalue weighted by Crippen LogP contribution is -2.09. The van der Waals surface area contributed by atoms with Crippen LogP contribution in [0.4, 0.5) is 0 Å².